The van der Waals surface area contributed by atoms with E-state index in [0.717, 1.165) is 22.7 Å². The number of alkyl carbamates (subject to hydrolysis) is 1. The van der Waals surface area contributed by atoms with Crippen molar-refractivity contribution in [3.8, 4) is 0 Å². The Bertz CT molecular complexity index is 1480. The molecular weight excluding hydrogens is 557 g/mol. The first kappa shape index (κ1) is 28.5. The minimum atomic E-state index is -4.56. The maximum atomic E-state index is 13.5. The number of rotatable bonds is 6. The normalized spacial score (nSPS) is 15.5. The summed E-state index contributed by atoms with van der Waals surface area (Å²) in [6, 6.07) is 8.71. The zero-order valence-corrected chi connectivity index (χ0v) is 22.7. The van der Waals surface area contributed by atoms with Crippen LogP contribution in [0.3, 0.4) is 0 Å². The molecule has 0 radical (unpaired) electrons. The smallest absolute Gasteiger partial charge is 0.416 e. The lowest BCUT2D eigenvalue weighted by Gasteiger charge is -2.20. The largest absolute Gasteiger partial charge is 0.444 e. The molecule has 1 saturated heterocycles. The molecule has 0 aliphatic carbocycles. The van der Waals surface area contributed by atoms with Crippen LogP contribution in [0.1, 0.15) is 37.5 Å². The minimum Gasteiger partial charge on any atom is -0.444 e. The number of imide groups is 1. The molecule has 0 unspecified atom stereocenters. The number of nitrogens with zero attached hydrogens (tertiary/aromatic N) is 3. The quantitative estimate of drug-likeness (QED) is 0.343. The topological polar surface area (TPSA) is 93.5 Å². The highest BCUT2D eigenvalue weighted by Gasteiger charge is 2.35. The molecule has 2 aromatic carbocycles. The van der Waals surface area contributed by atoms with Crippen molar-refractivity contribution in [3.63, 3.8) is 0 Å². The van der Waals surface area contributed by atoms with Crippen LogP contribution in [0.25, 0.3) is 17.0 Å². The van der Waals surface area contributed by atoms with Crippen LogP contribution in [0.5, 0.6) is 0 Å². The van der Waals surface area contributed by atoms with Crippen molar-refractivity contribution in [2.45, 2.75) is 39.1 Å². The van der Waals surface area contributed by atoms with Crippen molar-refractivity contribution in [2.24, 2.45) is 0 Å². The van der Waals surface area contributed by atoms with Crippen LogP contribution < -0.4 is 5.32 Å². The predicted octanol–water partition coefficient (Wildman–Crippen LogP) is 6.32. The third-order valence-corrected chi connectivity index (χ3v) is 6.68. The van der Waals surface area contributed by atoms with Gasteiger partial charge in [-0.05, 0) is 74.0 Å². The van der Waals surface area contributed by atoms with Gasteiger partial charge in [-0.2, -0.15) is 18.3 Å². The Morgan fingerprint density at radius 1 is 1.15 bits per heavy atom. The van der Waals surface area contributed by atoms with Crippen LogP contribution in [0.15, 0.2) is 47.5 Å². The average Bonchev–Trinajstić information content (AvgIpc) is 3.33. The third kappa shape index (κ3) is 6.93. The number of carbonyl (C=O) groups excluding carboxylic acids is 3. The third-order valence-electron chi connectivity index (χ3n) is 5.54. The van der Waals surface area contributed by atoms with Crippen molar-refractivity contribution in [1.82, 2.24) is 20.0 Å². The van der Waals surface area contributed by atoms with Crippen LogP contribution in [-0.2, 0) is 22.3 Å². The lowest BCUT2D eigenvalue weighted by atomic mass is 10.1. The van der Waals surface area contributed by atoms with Crippen LogP contribution in [0.2, 0.25) is 5.02 Å². The van der Waals surface area contributed by atoms with Gasteiger partial charge in [-0.3, -0.25) is 19.2 Å². The number of nitrogens with one attached hydrogen (secondary N) is 1. The number of hydrogen-bond donors (Lipinski definition) is 1. The fourth-order valence-electron chi connectivity index (χ4n) is 3.86. The van der Waals surface area contributed by atoms with Crippen molar-refractivity contribution < 1.29 is 32.3 Å². The van der Waals surface area contributed by atoms with E-state index < -0.39 is 34.6 Å². The lowest BCUT2D eigenvalue weighted by Crippen LogP contribution is -2.39. The van der Waals surface area contributed by atoms with Gasteiger partial charge in [-0.15, -0.1) is 0 Å². The Balaban J connectivity index is 1.46. The van der Waals surface area contributed by atoms with Gasteiger partial charge in [-0.25, -0.2) is 4.79 Å². The van der Waals surface area contributed by atoms with E-state index in [9.17, 15) is 27.6 Å². The number of fused-ring (bicyclic) bond motifs is 1. The second-order valence-electron chi connectivity index (χ2n) is 9.68. The molecule has 0 saturated carbocycles. The monoisotopic (exact) mass is 580 g/mol. The molecule has 1 aliphatic rings. The number of halogens is 4. The van der Waals surface area contributed by atoms with Crippen molar-refractivity contribution in [2.75, 3.05) is 13.1 Å². The van der Waals surface area contributed by atoms with Crippen molar-refractivity contribution >= 4 is 57.6 Å². The molecule has 1 fully saturated rings. The number of hydrogen-bond acceptors (Lipinski definition) is 6. The highest BCUT2D eigenvalue weighted by atomic mass is 35.5. The molecule has 4 rings (SSSR count). The second kappa shape index (κ2) is 10.9. The summed E-state index contributed by atoms with van der Waals surface area (Å²) >= 11 is 6.55. The molecule has 206 valence electrons. The maximum absolute atomic E-state index is 13.5. The molecule has 1 N–H and O–H groups in total. The first-order valence-electron chi connectivity index (χ1n) is 11.7. The summed E-state index contributed by atoms with van der Waals surface area (Å²) in [6.07, 6.45) is -2.14. The number of carbonyl (C=O) groups is 3. The maximum Gasteiger partial charge on any atom is 0.416 e. The zero-order chi connectivity index (χ0) is 28.5. The number of ether oxygens (including phenoxy) is 1. The highest BCUT2D eigenvalue weighted by Crippen LogP contribution is 2.35. The summed E-state index contributed by atoms with van der Waals surface area (Å²) in [7, 11) is 0. The molecule has 1 aliphatic heterocycles. The Kier molecular flexibility index (Phi) is 7.99. The molecule has 0 bridgehead atoms. The minimum absolute atomic E-state index is 0.00948. The summed E-state index contributed by atoms with van der Waals surface area (Å²) in [5.74, 6) is -0.491. The molecule has 3 aromatic rings. The number of aromatic nitrogens is 2. The molecule has 1 aromatic heterocycles. The van der Waals surface area contributed by atoms with Crippen LogP contribution in [-0.4, -0.2) is 50.6 Å². The lowest BCUT2D eigenvalue weighted by molar-refractivity contribution is -0.138. The zero-order valence-electron chi connectivity index (χ0n) is 21.1. The van der Waals surface area contributed by atoms with E-state index in [4.69, 9.17) is 16.3 Å². The first-order chi connectivity index (χ1) is 18.2. The highest BCUT2D eigenvalue weighted by molar-refractivity contribution is 8.18. The molecule has 2 heterocycles. The van der Waals surface area contributed by atoms with E-state index in [1.807, 2.05) is 0 Å². The van der Waals surface area contributed by atoms with E-state index in [-0.39, 0.29) is 35.1 Å². The molecule has 0 spiro atoms. The number of alkyl halides is 3. The molecule has 8 nitrogen and oxygen atoms in total. The van der Waals surface area contributed by atoms with Gasteiger partial charge in [0, 0.05) is 23.5 Å². The van der Waals surface area contributed by atoms with Crippen LogP contribution >= 0.6 is 23.4 Å². The van der Waals surface area contributed by atoms with Gasteiger partial charge in [0.1, 0.15) is 5.60 Å². The Morgan fingerprint density at radius 3 is 2.59 bits per heavy atom. The Hall–Kier alpha value is -3.51. The summed E-state index contributed by atoms with van der Waals surface area (Å²) in [5, 5.41) is 6.92. The number of amides is 3. The summed E-state index contributed by atoms with van der Waals surface area (Å²) < 4.78 is 47.1. The van der Waals surface area contributed by atoms with E-state index in [0.29, 0.717) is 16.5 Å². The van der Waals surface area contributed by atoms with Crippen LogP contribution in [0.4, 0.5) is 22.8 Å². The van der Waals surface area contributed by atoms with E-state index in [1.165, 1.54) is 23.0 Å². The van der Waals surface area contributed by atoms with E-state index in [2.05, 4.69) is 10.4 Å². The molecule has 0 atom stereocenters. The van der Waals surface area contributed by atoms with Gasteiger partial charge in [0.05, 0.1) is 28.7 Å². The Labute approximate surface area is 231 Å². The fourth-order valence-corrected chi connectivity index (χ4v) is 4.90. The van der Waals surface area contributed by atoms with Gasteiger partial charge in [0.25, 0.3) is 11.1 Å². The van der Waals surface area contributed by atoms with Crippen molar-refractivity contribution in [1.29, 1.82) is 0 Å². The van der Waals surface area contributed by atoms with Gasteiger partial charge in [0.2, 0.25) is 0 Å². The standard InChI is InChI=1S/C26H24ClF3N4O4S/c1-25(2,3)38-23(36)31-8-9-33-22(35)21(39-24(33)37)11-15-4-7-20-17(10-15)13-32-34(20)14-16-5-6-18(27)12-19(16)26(28,29)30/h4-7,10-13H,8-9,14H2,1-3H3,(H,31,36)/b21-11-. The number of thioether (sulfide) groups is 1. The van der Waals surface area contributed by atoms with Gasteiger partial charge in [-0.1, -0.05) is 23.7 Å². The summed E-state index contributed by atoms with van der Waals surface area (Å²) in [4.78, 5) is 38.2. The van der Waals surface area contributed by atoms with Gasteiger partial charge in [0.15, 0.2) is 0 Å². The molecule has 3 amide bonds. The molecule has 13 heteroatoms. The molecule has 39 heavy (non-hydrogen) atoms. The predicted molar refractivity (Wildman–Crippen MR) is 142 cm³/mol. The first-order valence-corrected chi connectivity index (χ1v) is 12.9. The number of benzene rings is 2. The fraction of sp³-hybridized carbons (Fsp3) is 0.308. The Morgan fingerprint density at radius 2 is 1.90 bits per heavy atom. The van der Waals surface area contributed by atoms with Crippen molar-refractivity contribution in [3.05, 3.63) is 69.2 Å². The van der Waals surface area contributed by atoms with E-state index in [1.54, 1.807) is 45.0 Å². The SMILES string of the molecule is CC(C)(C)OC(=O)NCCN1C(=O)S/C(=C\c2ccc3c(cnn3Cc3ccc(Cl)cc3C(F)(F)F)c2)C1=O. The second-order valence-corrected chi connectivity index (χ2v) is 11.1. The van der Waals surface area contributed by atoms with Crippen LogP contribution in [0, 0.1) is 0 Å². The van der Waals surface area contributed by atoms with Gasteiger partial charge >= 0.3 is 12.3 Å². The van der Waals surface area contributed by atoms with E-state index >= 15 is 0 Å². The average molecular weight is 581 g/mol. The summed E-state index contributed by atoms with van der Waals surface area (Å²) in [6.45, 7) is 5.07. The molecular formula is C26H24ClF3N4O4S. The summed E-state index contributed by atoms with van der Waals surface area (Å²) in [5.41, 5.74) is -0.268. The van der Waals surface area contributed by atoms with Gasteiger partial charge < -0.3 is 10.1 Å².